The van der Waals surface area contributed by atoms with E-state index in [-0.39, 0.29) is 5.91 Å². The molecule has 1 N–H and O–H groups in total. The molecule has 3 heterocycles. The molecular weight excluding hydrogens is 292 g/mol. The van der Waals surface area contributed by atoms with Crippen molar-refractivity contribution in [1.29, 1.82) is 0 Å². The van der Waals surface area contributed by atoms with Gasteiger partial charge in [0, 0.05) is 30.1 Å². The monoisotopic (exact) mass is 318 g/mol. The Balaban J connectivity index is 1.49. The van der Waals surface area contributed by atoms with Gasteiger partial charge in [0.15, 0.2) is 0 Å². The third-order valence-electron chi connectivity index (χ3n) is 5.86. The molecule has 0 aromatic carbocycles. The van der Waals surface area contributed by atoms with Gasteiger partial charge in [-0.05, 0) is 62.5 Å². The number of nitrogens with one attached hydrogen (secondary N) is 1. The molecule has 0 spiro atoms. The molecule has 1 amide bonds. The van der Waals surface area contributed by atoms with Crippen molar-refractivity contribution >= 4 is 17.2 Å². The number of fused-ring (bicyclic) bond motifs is 3. The Hall–Kier alpha value is -0.870. The van der Waals surface area contributed by atoms with E-state index >= 15 is 0 Å². The molecule has 120 valence electrons. The van der Waals surface area contributed by atoms with Gasteiger partial charge in [-0.15, -0.1) is 11.3 Å². The van der Waals surface area contributed by atoms with Crippen molar-refractivity contribution in [3.63, 3.8) is 0 Å². The molecule has 2 fully saturated rings. The minimum Gasteiger partial charge on any atom is -0.338 e. The van der Waals surface area contributed by atoms with Gasteiger partial charge in [-0.3, -0.25) is 4.79 Å². The van der Waals surface area contributed by atoms with Gasteiger partial charge in [0.25, 0.3) is 5.91 Å². The maximum atomic E-state index is 12.9. The summed E-state index contributed by atoms with van der Waals surface area (Å²) in [6.45, 7) is 2.32. The molecule has 4 rings (SSSR count). The van der Waals surface area contributed by atoms with Crippen LogP contribution in [-0.4, -0.2) is 36.0 Å². The van der Waals surface area contributed by atoms with Gasteiger partial charge in [0.1, 0.15) is 0 Å². The van der Waals surface area contributed by atoms with Gasteiger partial charge in [-0.1, -0.05) is 6.92 Å². The van der Waals surface area contributed by atoms with Crippen molar-refractivity contribution in [3.8, 4) is 0 Å². The number of piperidine rings is 1. The summed E-state index contributed by atoms with van der Waals surface area (Å²) < 4.78 is 0. The van der Waals surface area contributed by atoms with Gasteiger partial charge < -0.3 is 10.2 Å². The van der Waals surface area contributed by atoms with E-state index in [9.17, 15) is 4.79 Å². The first kappa shape index (κ1) is 14.7. The lowest BCUT2D eigenvalue weighted by Gasteiger charge is -2.35. The number of amides is 1. The predicted molar refractivity (Wildman–Crippen MR) is 90.6 cm³/mol. The predicted octanol–water partition coefficient (Wildman–Crippen LogP) is 3.23. The number of nitrogens with zero attached hydrogens (tertiary/aromatic N) is 1. The Morgan fingerprint density at radius 3 is 2.73 bits per heavy atom. The number of hydrogen-bond acceptors (Lipinski definition) is 3. The van der Waals surface area contributed by atoms with Crippen LogP contribution in [0.15, 0.2) is 6.07 Å². The molecule has 2 saturated heterocycles. The second kappa shape index (κ2) is 5.64. The van der Waals surface area contributed by atoms with Crippen LogP contribution in [-0.2, 0) is 12.8 Å². The summed E-state index contributed by atoms with van der Waals surface area (Å²) in [6, 6.07) is 3.88. The van der Waals surface area contributed by atoms with Gasteiger partial charge in [0.05, 0.1) is 4.88 Å². The van der Waals surface area contributed by atoms with Crippen LogP contribution in [0.2, 0.25) is 0 Å². The summed E-state index contributed by atoms with van der Waals surface area (Å²) in [5.41, 5.74) is 1.44. The van der Waals surface area contributed by atoms with Crippen molar-refractivity contribution in [2.24, 2.45) is 5.92 Å². The van der Waals surface area contributed by atoms with Crippen LogP contribution in [0.1, 0.15) is 59.1 Å². The normalized spacial score (nSPS) is 33.5. The lowest BCUT2D eigenvalue weighted by atomic mass is 9.90. The number of carbonyl (C=O) groups is 1. The number of rotatable bonds is 2. The highest BCUT2D eigenvalue weighted by Crippen LogP contribution is 2.34. The Morgan fingerprint density at radius 1 is 1.27 bits per heavy atom. The van der Waals surface area contributed by atoms with Gasteiger partial charge in [-0.25, -0.2) is 0 Å². The largest absolute Gasteiger partial charge is 0.338 e. The summed E-state index contributed by atoms with van der Waals surface area (Å²) in [7, 11) is 2.01. The molecule has 0 saturated carbocycles. The Labute approximate surface area is 137 Å². The number of thiophene rings is 1. The van der Waals surface area contributed by atoms with Crippen LogP contribution < -0.4 is 5.32 Å². The van der Waals surface area contributed by atoms with Crippen molar-refractivity contribution in [2.75, 3.05) is 7.05 Å². The highest BCUT2D eigenvalue weighted by molar-refractivity contribution is 7.14. The first-order valence-corrected chi connectivity index (χ1v) is 9.56. The standard InChI is InChI=1S/C18H26N2OS/c1-11-3-6-16-12(7-11)8-17(22-16)18(21)20(2)15-9-13-4-5-14(10-15)19-13/h8,11,13-15,19H,3-7,9-10H2,1-2H3. The van der Waals surface area contributed by atoms with Crippen LogP contribution in [0.5, 0.6) is 0 Å². The van der Waals surface area contributed by atoms with E-state index in [4.69, 9.17) is 0 Å². The molecule has 4 heteroatoms. The fourth-order valence-electron chi connectivity index (χ4n) is 4.49. The fourth-order valence-corrected chi connectivity index (χ4v) is 5.69. The van der Waals surface area contributed by atoms with E-state index in [1.54, 1.807) is 11.3 Å². The molecule has 3 unspecified atom stereocenters. The van der Waals surface area contributed by atoms with Crippen molar-refractivity contribution < 1.29 is 4.79 Å². The van der Waals surface area contributed by atoms with Crippen molar-refractivity contribution in [1.82, 2.24) is 10.2 Å². The van der Waals surface area contributed by atoms with Crippen LogP contribution >= 0.6 is 11.3 Å². The molecule has 0 radical (unpaired) electrons. The zero-order chi connectivity index (χ0) is 15.3. The van der Waals surface area contributed by atoms with Gasteiger partial charge in [-0.2, -0.15) is 0 Å². The van der Waals surface area contributed by atoms with Gasteiger partial charge in [0.2, 0.25) is 0 Å². The number of aryl methyl sites for hydroxylation is 1. The quantitative estimate of drug-likeness (QED) is 0.908. The van der Waals surface area contributed by atoms with Crippen LogP contribution in [0.4, 0.5) is 0 Å². The van der Waals surface area contributed by atoms with Gasteiger partial charge >= 0.3 is 0 Å². The van der Waals surface area contributed by atoms with Crippen LogP contribution in [0.25, 0.3) is 0 Å². The highest BCUT2D eigenvalue weighted by Gasteiger charge is 2.37. The highest BCUT2D eigenvalue weighted by atomic mass is 32.1. The molecule has 2 aliphatic heterocycles. The Bertz CT molecular complexity index is 570. The number of carbonyl (C=O) groups excluding carboxylic acids is 1. The van der Waals surface area contributed by atoms with E-state index in [2.05, 4.69) is 18.3 Å². The van der Waals surface area contributed by atoms with Crippen molar-refractivity contribution in [2.45, 2.75) is 70.0 Å². The molecule has 1 aromatic rings. The zero-order valence-electron chi connectivity index (χ0n) is 13.6. The maximum Gasteiger partial charge on any atom is 0.263 e. The average molecular weight is 318 g/mol. The third kappa shape index (κ3) is 2.61. The summed E-state index contributed by atoms with van der Waals surface area (Å²) in [4.78, 5) is 17.4. The molecular formula is C18H26N2OS. The van der Waals surface area contributed by atoms with E-state index in [1.165, 1.54) is 29.7 Å². The van der Waals surface area contributed by atoms with E-state index in [0.29, 0.717) is 18.1 Å². The lowest BCUT2D eigenvalue weighted by molar-refractivity contribution is 0.0686. The summed E-state index contributed by atoms with van der Waals surface area (Å²) in [5.74, 6) is 1.01. The van der Waals surface area contributed by atoms with Crippen LogP contribution in [0.3, 0.4) is 0 Å². The maximum absolute atomic E-state index is 12.9. The Morgan fingerprint density at radius 2 is 2.00 bits per heavy atom. The summed E-state index contributed by atoms with van der Waals surface area (Å²) >= 11 is 1.75. The topological polar surface area (TPSA) is 32.3 Å². The SMILES string of the molecule is CC1CCc2sc(C(=O)N(C)C3CC4CCC(C3)N4)cc2C1. The summed E-state index contributed by atoms with van der Waals surface area (Å²) in [5, 5.41) is 3.66. The second-order valence-electron chi connectivity index (χ2n) is 7.59. The molecule has 3 nitrogen and oxygen atoms in total. The summed E-state index contributed by atoms with van der Waals surface area (Å²) in [6.07, 6.45) is 8.41. The number of hydrogen-bond donors (Lipinski definition) is 1. The molecule has 3 aliphatic rings. The zero-order valence-corrected chi connectivity index (χ0v) is 14.4. The fraction of sp³-hybridized carbons (Fsp3) is 0.722. The first-order valence-electron chi connectivity index (χ1n) is 8.75. The van der Waals surface area contributed by atoms with E-state index in [1.807, 2.05) is 11.9 Å². The van der Waals surface area contributed by atoms with Crippen molar-refractivity contribution in [3.05, 3.63) is 21.4 Å². The molecule has 2 bridgehead atoms. The van der Waals surface area contributed by atoms with E-state index in [0.717, 1.165) is 36.5 Å². The second-order valence-corrected chi connectivity index (χ2v) is 8.72. The average Bonchev–Trinajstić information content (AvgIpc) is 3.08. The van der Waals surface area contributed by atoms with Crippen LogP contribution in [0, 0.1) is 5.92 Å². The first-order chi connectivity index (χ1) is 10.6. The Kier molecular flexibility index (Phi) is 3.77. The third-order valence-corrected chi connectivity index (χ3v) is 7.08. The smallest absolute Gasteiger partial charge is 0.263 e. The molecule has 3 atom stereocenters. The van der Waals surface area contributed by atoms with E-state index < -0.39 is 0 Å². The minimum atomic E-state index is 0.248. The minimum absolute atomic E-state index is 0.248. The molecule has 1 aromatic heterocycles. The molecule has 22 heavy (non-hydrogen) atoms. The lowest BCUT2D eigenvalue weighted by Crippen LogP contribution is -2.48. The molecule has 1 aliphatic carbocycles.